The number of hydrogen-bond donors (Lipinski definition) is 2. The molecule has 0 spiro atoms. The minimum atomic E-state index is 0.0411. The second-order valence-electron chi connectivity index (χ2n) is 5.77. The lowest BCUT2D eigenvalue weighted by Gasteiger charge is -2.30. The molecule has 1 aromatic rings. The first-order valence-corrected chi connectivity index (χ1v) is 7.29. The SMILES string of the molecule is Cc1ccc(NC(=O)CN2CCC(CO)CC2)c(C)c1. The summed E-state index contributed by atoms with van der Waals surface area (Å²) < 4.78 is 0. The monoisotopic (exact) mass is 276 g/mol. The average molecular weight is 276 g/mol. The van der Waals surface area contributed by atoms with Crippen LogP contribution in [0, 0.1) is 19.8 Å². The summed E-state index contributed by atoms with van der Waals surface area (Å²) >= 11 is 0. The van der Waals surface area contributed by atoms with E-state index in [9.17, 15) is 4.79 Å². The molecule has 1 aromatic carbocycles. The van der Waals surface area contributed by atoms with Crippen LogP contribution >= 0.6 is 0 Å². The van der Waals surface area contributed by atoms with E-state index in [1.54, 1.807) is 0 Å². The van der Waals surface area contributed by atoms with E-state index in [-0.39, 0.29) is 12.5 Å². The maximum Gasteiger partial charge on any atom is 0.238 e. The number of hydrogen-bond acceptors (Lipinski definition) is 3. The van der Waals surface area contributed by atoms with Gasteiger partial charge in [-0.15, -0.1) is 0 Å². The summed E-state index contributed by atoms with van der Waals surface area (Å²) in [7, 11) is 0. The Morgan fingerprint density at radius 2 is 2.05 bits per heavy atom. The zero-order valence-corrected chi connectivity index (χ0v) is 12.4. The molecule has 0 bridgehead atoms. The predicted molar refractivity (Wildman–Crippen MR) is 80.8 cm³/mol. The number of anilines is 1. The summed E-state index contributed by atoms with van der Waals surface area (Å²) in [5.41, 5.74) is 3.19. The van der Waals surface area contributed by atoms with Crippen molar-refractivity contribution >= 4 is 11.6 Å². The number of aliphatic hydroxyl groups is 1. The van der Waals surface area contributed by atoms with E-state index in [0.29, 0.717) is 12.5 Å². The van der Waals surface area contributed by atoms with Gasteiger partial charge in [0.15, 0.2) is 0 Å². The van der Waals surface area contributed by atoms with Gasteiger partial charge in [-0.3, -0.25) is 9.69 Å². The molecule has 1 fully saturated rings. The Kier molecular flexibility index (Phi) is 5.15. The summed E-state index contributed by atoms with van der Waals surface area (Å²) in [5, 5.41) is 12.1. The van der Waals surface area contributed by atoms with Gasteiger partial charge in [-0.05, 0) is 57.3 Å². The van der Waals surface area contributed by atoms with Crippen molar-refractivity contribution in [1.82, 2.24) is 4.90 Å². The van der Waals surface area contributed by atoms with Crippen molar-refractivity contribution in [2.75, 3.05) is 31.6 Å². The molecule has 4 heteroatoms. The maximum atomic E-state index is 12.1. The molecule has 0 radical (unpaired) electrons. The topological polar surface area (TPSA) is 52.6 Å². The van der Waals surface area contributed by atoms with Gasteiger partial charge >= 0.3 is 0 Å². The molecule has 1 amide bonds. The highest BCUT2D eigenvalue weighted by molar-refractivity contribution is 5.93. The number of nitrogens with one attached hydrogen (secondary N) is 1. The lowest BCUT2D eigenvalue weighted by molar-refractivity contribution is -0.117. The molecule has 20 heavy (non-hydrogen) atoms. The fourth-order valence-corrected chi connectivity index (χ4v) is 2.67. The summed E-state index contributed by atoms with van der Waals surface area (Å²) in [6.07, 6.45) is 1.96. The first-order chi connectivity index (χ1) is 9.58. The molecular weight excluding hydrogens is 252 g/mol. The van der Waals surface area contributed by atoms with Gasteiger partial charge in [0, 0.05) is 12.3 Å². The van der Waals surface area contributed by atoms with Crippen molar-refractivity contribution in [1.29, 1.82) is 0 Å². The van der Waals surface area contributed by atoms with E-state index in [1.807, 2.05) is 26.0 Å². The Bertz CT molecular complexity index is 466. The van der Waals surface area contributed by atoms with Crippen molar-refractivity contribution in [3.05, 3.63) is 29.3 Å². The molecule has 2 rings (SSSR count). The third-order valence-electron chi connectivity index (χ3n) is 3.99. The van der Waals surface area contributed by atoms with Crippen LogP contribution < -0.4 is 5.32 Å². The number of benzene rings is 1. The Morgan fingerprint density at radius 3 is 2.65 bits per heavy atom. The minimum Gasteiger partial charge on any atom is -0.396 e. The van der Waals surface area contributed by atoms with Crippen LogP contribution in [0.2, 0.25) is 0 Å². The second-order valence-corrected chi connectivity index (χ2v) is 5.77. The molecule has 1 aliphatic heterocycles. The molecule has 1 saturated heterocycles. The molecule has 0 aromatic heterocycles. The smallest absolute Gasteiger partial charge is 0.238 e. The lowest BCUT2D eigenvalue weighted by atomic mass is 9.98. The van der Waals surface area contributed by atoms with Crippen LogP contribution in [-0.4, -0.2) is 42.2 Å². The van der Waals surface area contributed by atoms with Crippen LogP contribution in [0.1, 0.15) is 24.0 Å². The number of nitrogens with zero attached hydrogens (tertiary/aromatic N) is 1. The van der Waals surface area contributed by atoms with Gasteiger partial charge in [0.25, 0.3) is 0 Å². The van der Waals surface area contributed by atoms with Crippen LogP contribution in [0.3, 0.4) is 0 Å². The molecule has 4 nitrogen and oxygen atoms in total. The summed E-state index contributed by atoms with van der Waals surface area (Å²) in [6.45, 7) is 6.55. The number of amides is 1. The first kappa shape index (κ1) is 15.0. The highest BCUT2D eigenvalue weighted by Crippen LogP contribution is 2.18. The van der Waals surface area contributed by atoms with E-state index in [1.165, 1.54) is 5.56 Å². The fraction of sp³-hybridized carbons (Fsp3) is 0.562. The van der Waals surface area contributed by atoms with Crippen molar-refractivity contribution in [3.8, 4) is 0 Å². The van der Waals surface area contributed by atoms with E-state index >= 15 is 0 Å². The fourth-order valence-electron chi connectivity index (χ4n) is 2.67. The molecule has 1 heterocycles. The number of aryl methyl sites for hydroxylation is 2. The van der Waals surface area contributed by atoms with Gasteiger partial charge < -0.3 is 10.4 Å². The lowest BCUT2D eigenvalue weighted by Crippen LogP contribution is -2.39. The molecular formula is C16H24N2O2. The van der Waals surface area contributed by atoms with Gasteiger partial charge in [-0.25, -0.2) is 0 Å². The van der Waals surface area contributed by atoms with Crippen molar-refractivity contribution in [2.45, 2.75) is 26.7 Å². The molecule has 0 unspecified atom stereocenters. The van der Waals surface area contributed by atoms with Crippen LogP contribution in [0.4, 0.5) is 5.69 Å². The van der Waals surface area contributed by atoms with E-state index in [0.717, 1.165) is 37.2 Å². The zero-order chi connectivity index (χ0) is 14.5. The number of carbonyl (C=O) groups excluding carboxylic acids is 1. The predicted octanol–water partition coefficient (Wildman–Crippen LogP) is 1.95. The largest absolute Gasteiger partial charge is 0.396 e. The zero-order valence-electron chi connectivity index (χ0n) is 12.4. The van der Waals surface area contributed by atoms with Crippen LogP contribution in [-0.2, 0) is 4.79 Å². The molecule has 1 aliphatic rings. The Labute approximate surface area is 120 Å². The number of carbonyl (C=O) groups is 1. The molecule has 110 valence electrons. The number of piperidine rings is 1. The second kappa shape index (κ2) is 6.86. The Morgan fingerprint density at radius 1 is 1.35 bits per heavy atom. The maximum absolute atomic E-state index is 12.1. The van der Waals surface area contributed by atoms with Crippen molar-refractivity contribution in [3.63, 3.8) is 0 Å². The standard InChI is InChI=1S/C16H24N2O2/c1-12-3-4-15(13(2)9-12)17-16(20)10-18-7-5-14(11-19)6-8-18/h3-4,9,14,19H,5-8,10-11H2,1-2H3,(H,17,20). The number of likely N-dealkylation sites (tertiary alicyclic amines) is 1. The highest BCUT2D eigenvalue weighted by atomic mass is 16.3. The van der Waals surface area contributed by atoms with Gasteiger partial charge in [0.05, 0.1) is 6.54 Å². The summed E-state index contributed by atoms with van der Waals surface area (Å²) in [4.78, 5) is 14.2. The molecule has 0 atom stereocenters. The van der Waals surface area contributed by atoms with E-state index < -0.39 is 0 Å². The third kappa shape index (κ3) is 4.05. The van der Waals surface area contributed by atoms with Crippen LogP contribution in [0.15, 0.2) is 18.2 Å². The van der Waals surface area contributed by atoms with E-state index in [2.05, 4.69) is 16.3 Å². The summed E-state index contributed by atoms with van der Waals surface area (Å²) in [5.74, 6) is 0.452. The van der Waals surface area contributed by atoms with Crippen LogP contribution in [0.5, 0.6) is 0 Å². The normalized spacial score (nSPS) is 17.1. The first-order valence-electron chi connectivity index (χ1n) is 7.29. The minimum absolute atomic E-state index is 0.0411. The van der Waals surface area contributed by atoms with Gasteiger partial charge in [-0.2, -0.15) is 0 Å². The molecule has 2 N–H and O–H groups in total. The Balaban J connectivity index is 1.84. The van der Waals surface area contributed by atoms with Crippen molar-refractivity contribution in [2.24, 2.45) is 5.92 Å². The number of aliphatic hydroxyl groups excluding tert-OH is 1. The van der Waals surface area contributed by atoms with Gasteiger partial charge in [-0.1, -0.05) is 17.7 Å². The molecule has 0 saturated carbocycles. The summed E-state index contributed by atoms with van der Waals surface area (Å²) in [6, 6.07) is 6.04. The van der Waals surface area contributed by atoms with Gasteiger partial charge in [0.1, 0.15) is 0 Å². The van der Waals surface area contributed by atoms with E-state index in [4.69, 9.17) is 5.11 Å². The quantitative estimate of drug-likeness (QED) is 0.883. The molecule has 0 aliphatic carbocycles. The highest BCUT2D eigenvalue weighted by Gasteiger charge is 2.20. The van der Waals surface area contributed by atoms with Gasteiger partial charge in [0.2, 0.25) is 5.91 Å². The Hall–Kier alpha value is -1.39. The average Bonchev–Trinajstić information content (AvgIpc) is 2.43. The third-order valence-corrected chi connectivity index (χ3v) is 3.99. The number of rotatable bonds is 4. The van der Waals surface area contributed by atoms with Crippen molar-refractivity contribution < 1.29 is 9.90 Å². The van der Waals surface area contributed by atoms with Crippen LogP contribution in [0.25, 0.3) is 0 Å².